The molecular weight excluding hydrogens is 279 g/mol. The zero-order valence-electron chi connectivity index (χ0n) is 14.1. The van der Waals surface area contributed by atoms with Crippen LogP contribution >= 0.6 is 0 Å². The van der Waals surface area contributed by atoms with Crippen LogP contribution in [0.1, 0.15) is 52.4 Å². The normalized spacial score (nSPS) is 20.7. The number of hydrogen-bond acceptors (Lipinski definition) is 4. The molecule has 1 aromatic carbocycles. The van der Waals surface area contributed by atoms with Crippen molar-refractivity contribution in [3.8, 4) is 0 Å². The second kappa shape index (κ2) is 6.43. The predicted octanol–water partition coefficient (Wildman–Crippen LogP) is 3.35. The third-order valence-electron chi connectivity index (χ3n) is 4.52. The first-order valence-corrected chi connectivity index (χ1v) is 7.83. The standard InChI is InChI=1S/C17H25BO4/c1-6-20-15(19)12-14(13-10-8-7-9-11-13)18-21-16(2,3)17(4,5)22-18/h7-11,14H,6,12H2,1-5H3/t14-/m0/s1. The van der Waals surface area contributed by atoms with Crippen LogP contribution < -0.4 is 0 Å². The van der Waals surface area contributed by atoms with Gasteiger partial charge in [0.25, 0.3) is 0 Å². The van der Waals surface area contributed by atoms with Crippen molar-refractivity contribution >= 4 is 13.1 Å². The van der Waals surface area contributed by atoms with Crippen molar-refractivity contribution in [2.45, 2.75) is 58.1 Å². The number of carbonyl (C=O) groups is 1. The Bertz CT molecular complexity index is 497. The fourth-order valence-corrected chi connectivity index (χ4v) is 2.52. The maximum Gasteiger partial charge on any atom is 0.466 e. The van der Waals surface area contributed by atoms with Crippen LogP contribution in [0.25, 0.3) is 0 Å². The Kier molecular flexibility index (Phi) is 4.98. The van der Waals surface area contributed by atoms with Crippen LogP contribution in [0.5, 0.6) is 0 Å². The summed E-state index contributed by atoms with van der Waals surface area (Å²) >= 11 is 0. The highest BCUT2D eigenvalue weighted by atomic mass is 16.7. The monoisotopic (exact) mass is 304 g/mol. The summed E-state index contributed by atoms with van der Waals surface area (Å²) in [6.07, 6.45) is 0.245. The van der Waals surface area contributed by atoms with E-state index >= 15 is 0 Å². The summed E-state index contributed by atoms with van der Waals surface area (Å²) in [5.41, 5.74) is 0.188. The summed E-state index contributed by atoms with van der Waals surface area (Å²) in [6.45, 7) is 10.2. The van der Waals surface area contributed by atoms with Gasteiger partial charge in [-0.15, -0.1) is 0 Å². The van der Waals surface area contributed by atoms with Crippen molar-refractivity contribution in [2.75, 3.05) is 6.61 Å². The maximum atomic E-state index is 12.0. The zero-order chi connectivity index (χ0) is 16.4. The summed E-state index contributed by atoms with van der Waals surface area (Å²) in [5, 5.41) is 0. The molecule has 0 amide bonds. The van der Waals surface area contributed by atoms with Gasteiger partial charge in [-0.3, -0.25) is 4.79 Å². The Morgan fingerprint density at radius 1 is 1.14 bits per heavy atom. The van der Waals surface area contributed by atoms with Crippen LogP contribution in [0.15, 0.2) is 30.3 Å². The molecule has 1 fully saturated rings. The number of ether oxygens (including phenoxy) is 1. The van der Waals surface area contributed by atoms with Gasteiger partial charge in [0.05, 0.1) is 24.2 Å². The molecule has 1 aromatic rings. The van der Waals surface area contributed by atoms with Gasteiger partial charge < -0.3 is 14.0 Å². The van der Waals surface area contributed by atoms with E-state index in [2.05, 4.69) is 0 Å². The van der Waals surface area contributed by atoms with Crippen LogP contribution in [-0.2, 0) is 18.8 Å². The number of esters is 1. The lowest BCUT2D eigenvalue weighted by atomic mass is 9.66. The minimum Gasteiger partial charge on any atom is -0.466 e. The van der Waals surface area contributed by atoms with Gasteiger partial charge in [-0.05, 0) is 40.2 Å². The second-order valence-corrected chi connectivity index (χ2v) is 6.65. The summed E-state index contributed by atoms with van der Waals surface area (Å²) in [4.78, 5) is 12.0. The molecule has 0 bridgehead atoms. The number of rotatable bonds is 5. The van der Waals surface area contributed by atoms with Crippen molar-refractivity contribution < 1.29 is 18.8 Å². The topological polar surface area (TPSA) is 44.8 Å². The van der Waals surface area contributed by atoms with Crippen LogP contribution in [0.3, 0.4) is 0 Å². The summed E-state index contributed by atoms with van der Waals surface area (Å²) < 4.78 is 17.4. The molecule has 0 aromatic heterocycles. The van der Waals surface area contributed by atoms with E-state index in [0.29, 0.717) is 6.61 Å². The minimum atomic E-state index is -0.461. The minimum absolute atomic E-state index is 0.179. The molecule has 1 atom stereocenters. The smallest absolute Gasteiger partial charge is 0.466 e. The van der Waals surface area contributed by atoms with Crippen LogP contribution in [0.2, 0.25) is 0 Å². The molecule has 1 heterocycles. The third-order valence-corrected chi connectivity index (χ3v) is 4.52. The maximum absolute atomic E-state index is 12.0. The SMILES string of the molecule is CCOC(=O)C[C@H](B1OC(C)(C)C(C)(C)O1)c1ccccc1. The lowest BCUT2D eigenvalue weighted by Crippen LogP contribution is -2.41. The van der Waals surface area contributed by atoms with Gasteiger partial charge >= 0.3 is 13.1 Å². The fraction of sp³-hybridized carbons (Fsp3) is 0.588. The fourth-order valence-electron chi connectivity index (χ4n) is 2.52. The first-order chi connectivity index (χ1) is 10.3. The van der Waals surface area contributed by atoms with E-state index in [1.54, 1.807) is 0 Å². The van der Waals surface area contributed by atoms with E-state index in [1.165, 1.54) is 0 Å². The van der Waals surface area contributed by atoms with Crippen LogP contribution in [0.4, 0.5) is 0 Å². The van der Waals surface area contributed by atoms with Crippen LogP contribution in [-0.4, -0.2) is 30.9 Å². The van der Waals surface area contributed by atoms with Crippen molar-refractivity contribution in [3.05, 3.63) is 35.9 Å². The molecule has 5 heteroatoms. The third kappa shape index (κ3) is 3.53. The molecule has 0 unspecified atom stereocenters. The van der Waals surface area contributed by atoms with Gasteiger partial charge in [0.15, 0.2) is 0 Å². The highest BCUT2D eigenvalue weighted by Gasteiger charge is 2.54. The van der Waals surface area contributed by atoms with Gasteiger partial charge in [-0.25, -0.2) is 0 Å². The van der Waals surface area contributed by atoms with Crippen molar-refractivity contribution in [3.63, 3.8) is 0 Å². The van der Waals surface area contributed by atoms with E-state index < -0.39 is 18.3 Å². The van der Waals surface area contributed by atoms with E-state index in [1.807, 2.05) is 65.0 Å². The Hall–Kier alpha value is -1.33. The van der Waals surface area contributed by atoms with Gasteiger partial charge in [0.1, 0.15) is 0 Å². The second-order valence-electron chi connectivity index (χ2n) is 6.65. The van der Waals surface area contributed by atoms with Crippen LogP contribution in [0, 0.1) is 0 Å². The van der Waals surface area contributed by atoms with Crippen molar-refractivity contribution in [1.82, 2.24) is 0 Å². The first-order valence-electron chi connectivity index (χ1n) is 7.83. The predicted molar refractivity (Wildman–Crippen MR) is 86.5 cm³/mol. The average molecular weight is 304 g/mol. The molecule has 120 valence electrons. The van der Waals surface area contributed by atoms with Gasteiger partial charge in [0.2, 0.25) is 0 Å². The number of carbonyl (C=O) groups excluding carboxylic acids is 1. The molecule has 22 heavy (non-hydrogen) atoms. The Morgan fingerprint density at radius 2 is 1.68 bits per heavy atom. The zero-order valence-corrected chi connectivity index (χ0v) is 14.1. The van der Waals surface area contributed by atoms with Gasteiger partial charge in [-0.1, -0.05) is 30.3 Å². The average Bonchev–Trinajstić information content (AvgIpc) is 2.66. The Labute approximate surface area is 133 Å². The first kappa shape index (κ1) is 17.0. The molecule has 4 nitrogen and oxygen atoms in total. The molecule has 1 aliphatic rings. The molecular formula is C17H25BO4. The molecule has 0 saturated carbocycles. The highest BCUT2D eigenvalue weighted by molar-refractivity contribution is 6.48. The van der Waals surface area contributed by atoms with E-state index in [-0.39, 0.29) is 18.2 Å². The summed E-state index contributed by atoms with van der Waals surface area (Å²) in [5.74, 6) is -0.410. The number of hydrogen-bond donors (Lipinski definition) is 0. The summed E-state index contributed by atoms with van der Waals surface area (Å²) in [6, 6.07) is 9.86. The molecule has 1 aliphatic heterocycles. The molecule has 0 spiro atoms. The van der Waals surface area contributed by atoms with Gasteiger partial charge in [-0.2, -0.15) is 0 Å². The van der Waals surface area contributed by atoms with E-state index in [9.17, 15) is 4.79 Å². The van der Waals surface area contributed by atoms with Gasteiger partial charge in [0, 0.05) is 5.82 Å². The molecule has 0 radical (unpaired) electrons. The molecule has 0 N–H and O–H groups in total. The molecule has 1 saturated heterocycles. The van der Waals surface area contributed by atoms with Crippen molar-refractivity contribution in [1.29, 1.82) is 0 Å². The quantitative estimate of drug-likeness (QED) is 0.618. The Morgan fingerprint density at radius 3 is 2.18 bits per heavy atom. The van der Waals surface area contributed by atoms with Crippen molar-refractivity contribution in [2.24, 2.45) is 0 Å². The lowest BCUT2D eigenvalue weighted by molar-refractivity contribution is -0.143. The Balaban J connectivity index is 2.24. The molecule has 2 rings (SSSR count). The largest absolute Gasteiger partial charge is 0.466 e. The summed E-state index contributed by atoms with van der Waals surface area (Å²) in [7, 11) is -0.461. The van der Waals surface area contributed by atoms with E-state index in [0.717, 1.165) is 5.56 Å². The molecule has 0 aliphatic carbocycles. The lowest BCUT2D eigenvalue weighted by Gasteiger charge is -2.32. The van der Waals surface area contributed by atoms with E-state index in [4.69, 9.17) is 14.0 Å². The highest BCUT2D eigenvalue weighted by Crippen LogP contribution is 2.41. The number of benzene rings is 1.